The van der Waals surface area contributed by atoms with E-state index < -0.39 is 6.10 Å². The van der Waals surface area contributed by atoms with Gasteiger partial charge in [0.15, 0.2) is 6.10 Å². The third kappa shape index (κ3) is 4.46. The number of carbonyl (C=O) groups is 1. The van der Waals surface area contributed by atoms with Gasteiger partial charge in [-0.05, 0) is 41.0 Å². The molecule has 144 valence electrons. The SMILES string of the molecule is C[C@@H](Oc1ccc2ccccc2c1)C(=O)NC(c1ccccc1)c1ccccc1. The Balaban J connectivity index is 1.52. The van der Waals surface area contributed by atoms with Crippen molar-refractivity contribution >= 4 is 16.7 Å². The number of nitrogens with one attached hydrogen (secondary N) is 1. The van der Waals surface area contributed by atoms with Crippen molar-refractivity contribution in [1.29, 1.82) is 0 Å². The summed E-state index contributed by atoms with van der Waals surface area (Å²) in [6.07, 6.45) is -0.619. The molecule has 4 aromatic rings. The van der Waals surface area contributed by atoms with Gasteiger partial charge in [0.2, 0.25) is 0 Å². The van der Waals surface area contributed by atoms with Crippen LogP contribution in [0.25, 0.3) is 10.8 Å². The summed E-state index contributed by atoms with van der Waals surface area (Å²) < 4.78 is 5.94. The maximum absolute atomic E-state index is 12.9. The number of carbonyl (C=O) groups excluding carboxylic acids is 1. The molecule has 1 atom stereocenters. The van der Waals surface area contributed by atoms with Gasteiger partial charge in [-0.25, -0.2) is 0 Å². The van der Waals surface area contributed by atoms with Crippen LogP contribution in [-0.4, -0.2) is 12.0 Å². The Kier molecular flexibility index (Phi) is 5.57. The third-order valence-corrected chi connectivity index (χ3v) is 4.96. The number of benzene rings is 4. The largest absolute Gasteiger partial charge is 0.481 e. The van der Waals surface area contributed by atoms with Crippen molar-refractivity contribution in [2.24, 2.45) is 0 Å². The Bertz CT molecular complexity index is 1050. The van der Waals surface area contributed by atoms with E-state index in [0.717, 1.165) is 21.9 Å². The number of hydrogen-bond acceptors (Lipinski definition) is 2. The van der Waals surface area contributed by atoms with Crippen molar-refractivity contribution in [1.82, 2.24) is 5.32 Å². The molecule has 0 aromatic heterocycles. The summed E-state index contributed by atoms with van der Waals surface area (Å²) in [5, 5.41) is 5.37. The average Bonchev–Trinajstić information content (AvgIpc) is 2.78. The van der Waals surface area contributed by atoms with Crippen LogP contribution in [-0.2, 0) is 4.79 Å². The quantitative estimate of drug-likeness (QED) is 0.478. The summed E-state index contributed by atoms with van der Waals surface area (Å²) in [5.41, 5.74) is 2.06. The summed E-state index contributed by atoms with van der Waals surface area (Å²) in [7, 11) is 0. The number of fused-ring (bicyclic) bond motifs is 1. The first-order chi connectivity index (χ1) is 14.2. The van der Waals surface area contributed by atoms with Crippen LogP contribution in [0.5, 0.6) is 5.75 Å². The van der Waals surface area contributed by atoms with E-state index >= 15 is 0 Å². The monoisotopic (exact) mass is 381 g/mol. The maximum atomic E-state index is 12.9. The first-order valence-electron chi connectivity index (χ1n) is 9.76. The lowest BCUT2D eigenvalue weighted by Gasteiger charge is -2.22. The Hall–Kier alpha value is -3.59. The summed E-state index contributed by atoms with van der Waals surface area (Å²) in [6, 6.07) is 33.7. The summed E-state index contributed by atoms with van der Waals surface area (Å²) in [4.78, 5) is 12.9. The molecule has 0 aliphatic heterocycles. The molecule has 4 aromatic carbocycles. The molecule has 0 fully saturated rings. The third-order valence-electron chi connectivity index (χ3n) is 4.96. The molecule has 0 saturated heterocycles. The van der Waals surface area contributed by atoms with Gasteiger partial charge in [0, 0.05) is 0 Å². The fourth-order valence-electron chi connectivity index (χ4n) is 3.41. The fourth-order valence-corrected chi connectivity index (χ4v) is 3.41. The topological polar surface area (TPSA) is 38.3 Å². The first-order valence-corrected chi connectivity index (χ1v) is 9.76. The van der Waals surface area contributed by atoms with Crippen molar-refractivity contribution < 1.29 is 9.53 Å². The lowest BCUT2D eigenvalue weighted by atomic mass is 9.98. The van der Waals surface area contributed by atoms with Gasteiger partial charge >= 0.3 is 0 Å². The average molecular weight is 381 g/mol. The Morgan fingerprint density at radius 2 is 1.28 bits per heavy atom. The van der Waals surface area contributed by atoms with Crippen LogP contribution in [0.1, 0.15) is 24.1 Å². The number of ether oxygens (including phenoxy) is 1. The van der Waals surface area contributed by atoms with Crippen LogP contribution in [0.4, 0.5) is 0 Å². The van der Waals surface area contributed by atoms with E-state index in [4.69, 9.17) is 4.74 Å². The highest BCUT2D eigenvalue weighted by Crippen LogP contribution is 2.24. The molecule has 1 N–H and O–H groups in total. The number of hydrogen-bond donors (Lipinski definition) is 1. The molecule has 29 heavy (non-hydrogen) atoms. The molecule has 0 heterocycles. The van der Waals surface area contributed by atoms with Crippen LogP contribution in [0.3, 0.4) is 0 Å². The lowest BCUT2D eigenvalue weighted by Crippen LogP contribution is -2.39. The molecule has 0 radical (unpaired) electrons. The van der Waals surface area contributed by atoms with E-state index in [1.807, 2.05) is 97.1 Å². The zero-order valence-electron chi connectivity index (χ0n) is 16.3. The van der Waals surface area contributed by atoms with Crippen LogP contribution in [0.15, 0.2) is 103 Å². The second kappa shape index (κ2) is 8.61. The van der Waals surface area contributed by atoms with Gasteiger partial charge in [-0.3, -0.25) is 4.79 Å². The van der Waals surface area contributed by atoms with Crippen molar-refractivity contribution in [2.45, 2.75) is 19.1 Å². The van der Waals surface area contributed by atoms with Gasteiger partial charge < -0.3 is 10.1 Å². The van der Waals surface area contributed by atoms with Gasteiger partial charge in [-0.15, -0.1) is 0 Å². The van der Waals surface area contributed by atoms with Gasteiger partial charge in [-0.2, -0.15) is 0 Å². The van der Waals surface area contributed by atoms with Crippen LogP contribution >= 0.6 is 0 Å². The standard InChI is InChI=1S/C26H23NO2/c1-19(29-24-17-16-20-10-8-9-15-23(20)18-24)26(28)27-25(21-11-4-2-5-12-21)22-13-6-3-7-14-22/h2-19,25H,1H3,(H,27,28)/t19-/m1/s1. The van der Waals surface area contributed by atoms with E-state index in [2.05, 4.69) is 11.4 Å². The van der Waals surface area contributed by atoms with Gasteiger partial charge in [0.05, 0.1) is 6.04 Å². The highest BCUT2D eigenvalue weighted by atomic mass is 16.5. The molecular formula is C26H23NO2. The van der Waals surface area contributed by atoms with E-state index in [9.17, 15) is 4.79 Å². The lowest BCUT2D eigenvalue weighted by molar-refractivity contribution is -0.127. The second-order valence-electron chi connectivity index (χ2n) is 7.03. The van der Waals surface area contributed by atoms with Crippen molar-refractivity contribution in [3.63, 3.8) is 0 Å². The molecular weight excluding hydrogens is 358 g/mol. The second-order valence-corrected chi connectivity index (χ2v) is 7.03. The van der Waals surface area contributed by atoms with Crippen molar-refractivity contribution in [2.75, 3.05) is 0 Å². The molecule has 3 heteroatoms. The first kappa shape index (κ1) is 18.8. The van der Waals surface area contributed by atoms with Crippen LogP contribution in [0, 0.1) is 0 Å². The minimum absolute atomic E-state index is 0.157. The molecule has 4 rings (SSSR count). The van der Waals surface area contributed by atoms with Gasteiger partial charge in [0.1, 0.15) is 5.75 Å². The summed E-state index contributed by atoms with van der Waals surface area (Å²) >= 11 is 0. The molecule has 0 bridgehead atoms. The smallest absolute Gasteiger partial charge is 0.261 e. The summed E-state index contributed by atoms with van der Waals surface area (Å²) in [6.45, 7) is 1.78. The molecule has 0 spiro atoms. The molecule has 3 nitrogen and oxygen atoms in total. The highest BCUT2D eigenvalue weighted by molar-refractivity contribution is 5.84. The zero-order valence-corrected chi connectivity index (χ0v) is 16.3. The molecule has 1 amide bonds. The number of rotatable bonds is 6. The molecule has 0 aliphatic carbocycles. The fraction of sp³-hybridized carbons (Fsp3) is 0.115. The van der Waals surface area contributed by atoms with Crippen molar-refractivity contribution in [3.8, 4) is 5.75 Å². The van der Waals surface area contributed by atoms with E-state index in [-0.39, 0.29) is 11.9 Å². The Labute approximate surface area is 171 Å². The molecule has 0 aliphatic rings. The van der Waals surface area contributed by atoms with Gasteiger partial charge in [-0.1, -0.05) is 91.0 Å². The molecule has 0 saturated carbocycles. The minimum atomic E-state index is -0.619. The van der Waals surface area contributed by atoms with Crippen LogP contribution < -0.4 is 10.1 Å². The maximum Gasteiger partial charge on any atom is 0.261 e. The minimum Gasteiger partial charge on any atom is -0.481 e. The zero-order chi connectivity index (χ0) is 20.1. The predicted molar refractivity (Wildman–Crippen MR) is 117 cm³/mol. The van der Waals surface area contributed by atoms with E-state index in [1.165, 1.54) is 0 Å². The predicted octanol–water partition coefficient (Wildman–Crippen LogP) is 5.51. The number of amides is 1. The Morgan fingerprint density at radius 1 is 0.724 bits per heavy atom. The normalized spacial score (nSPS) is 11.9. The van der Waals surface area contributed by atoms with E-state index in [1.54, 1.807) is 6.92 Å². The van der Waals surface area contributed by atoms with Crippen LogP contribution in [0.2, 0.25) is 0 Å². The summed E-state index contributed by atoms with van der Waals surface area (Å²) in [5.74, 6) is 0.526. The van der Waals surface area contributed by atoms with E-state index in [0.29, 0.717) is 5.75 Å². The van der Waals surface area contributed by atoms with Crippen molar-refractivity contribution in [3.05, 3.63) is 114 Å². The Morgan fingerprint density at radius 3 is 1.90 bits per heavy atom. The van der Waals surface area contributed by atoms with Gasteiger partial charge in [0.25, 0.3) is 5.91 Å². The molecule has 0 unspecified atom stereocenters. The highest BCUT2D eigenvalue weighted by Gasteiger charge is 2.21.